The summed E-state index contributed by atoms with van der Waals surface area (Å²) in [5.74, 6) is 0.398. The minimum absolute atomic E-state index is 0.00104. The molecule has 0 aromatic carbocycles. The number of amides is 1. The van der Waals surface area contributed by atoms with Gasteiger partial charge in [-0.3, -0.25) is 4.79 Å². The van der Waals surface area contributed by atoms with Crippen molar-refractivity contribution >= 4 is 15.9 Å². The van der Waals surface area contributed by atoms with Crippen LogP contribution in [0.4, 0.5) is 0 Å². The Balaban J connectivity index is 1.94. The molecule has 1 atom stereocenters. The molecule has 134 valence electrons. The van der Waals surface area contributed by atoms with Gasteiger partial charge in [-0.2, -0.15) is 0 Å². The number of likely N-dealkylation sites (tertiary alicyclic amines) is 1. The Morgan fingerprint density at radius 3 is 2.22 bits per heavy atom. The number of carbonyl (C=O) groups is 1. The molecule has 0 spiro atoms. The zero-order valence-electron chi connectivity index (χ0n) is 15.0. The highest BCUT2D eigenvalue weighted by atomic mass is 32.2. The van der Waals surface area contributed by atoms with Gasteiger partial charge in [-0.25, -0.2) is 12.7 Å². The van der Waals surface area contributed by atoms with Crippen molar-refractivity contribution in [3.8, 4) is 0 Å². The van der Waals surface area contributed by atoms with E-state index in [4.69, 9.17) is 0 Å². The second-order valence-corrected chi connectivity index (χ2v) is 10.4. The van der Waals surface area contributed by atoms with Gasteiger partial charge in [-0.1, -0.05) is 20.8 Å². The quantitative estimate of drug-likeness (QED) is 0.787. The van der Waals surface area contributed by atoms with Gasteiger partial charge in [0.15, 0.2) is 0 Å². The zero-order valence-corrected chi connectivity index (χ0v) is 15.9. The molecule has 2 fully saturated rings. The van der Waals surface area contributed by atoms with Gasteiger partial charge in [-0.05, 0) is 44.4 Å². The fourth-order valence-corrected chi connectivity index (χ4v) is 4.98. The SMILES string of the molecule is CCS(=O)(=O)N1CCC(C(=O)N2CCC[C@H]2CC(C)(C)C)CC1. The fourth-order valence-electron chi connectivity index (χ4n) is 3.84. The van der Waals surface area contributed by atoms with Crippen molar-refractivity contribution in [3.05, 3.63) is 0 Å². The molecule has 2 saturated heterocycles. The van der Waals surface area contributed by atoms with E-state index >= 15 is 0 Å². The number of hydrogen-bond donors (Lipinski definition) is 0. The zero-order chi connectivity index (χ0) is 17.3. The molecule has 2 aliphatic heterocycles. The van der Waals surface area contributed by atoms with E-state index in [2.05, 4.69) is 25.7 Å². The Morgan fingerprint density at radius 2 is 1.70 bits per heavy atom. The topological polar surface area (TPSA) is 57.7 Å². The van der Waals surface area contributed by atoms with Gasteiger partial charge >= 0.3 is 0 Å². The molecule has 0 bridgehead atoms. The van der Waals surface area contributed by atoms with E-state index in [0.29, 0.717) is 32.0 Å². The minimum atomic E-state index is -3.12. The first-order valence-electron chi connectivity index (χ1n) is 8.92. The smallest absolute Gasteiger partial charge is 0.226 e. The molecule has 5 nitrogen and oxygen atoms in total. The Kier molecular flexibility index (Phi) is 5.77. The fraction of sp³-hybridized carbons (Fsp3) is 0.941. The monoisotopic (exact) mass is 344 g/mol. The van der Waals surface area contributed by atoms with E-state index in [-0.39, 0.29) is 23.0 Å². The van der Waals surface area contributed by atoms with Crippen molar-refractivity contribution in [2.45, 2.75) is 65.8 Å². The third-order valence-electron chi connectivity index (χ3n) is 5.07. The number of hydrogen-bond acceptors (Lipinski definition) is 3. The van der Waals surface area contributed by atoms with Crippen LogP contribution < -0.4 is 0 Å². The Hall–Kier alpha value is -0.620. The lowest BCUT2D eigenvalue weighted by Gasteiger charge is -2.36. The van der Waals surface area contributed by atoms with Crippen LogP contribution in [-0.4, -0.2) is 55.0 Å². The maximum absolute atomic E-state index is 12.9. The molecule has 1 amide bonds. The first-order valence-corrected chi connectivity index (χ1v) is 10.5. The Labute approximate surface area is 141 Å². The highest BCUT2D eigenvalue weighted by Crippen LogP contribution is 2.32. The van der Waals surface area contributed by atoms with Crippen LogP contribution in [0.1, 0.15) is 59.8 Å². The van der Waals surface area contributed by atoms with E-state index in [1.165, 1.54) is 0 Å². The van der Waals surface area contributed by atoms with Gasteiger partial charge in [0.2, 0.25) is 15.9 Å². The second kappa shape index (κ2) is 7.09. The van der Waals surface area contributed by atoms with Gasteiger partial charge < -0.3 is 4.90 Å². The molecule has 2 aliphatic rings. The largest absolute Gasteiger partial charge is 0.339 e. The number of nitrogens with zero attached hydrogens (tertiary/aromatic N) is 2. The number of piperidine rings is 1. The van der Waals surface area contributed by atoms with Crippen LogP contribution in [0.15, 0.2) is 0 Å². The molecule has 0 radical (unpaired) electrons. The summed E-state index contributed by atoms with van der Waals surface area (Å²) in [5.41, 5.74) is 0.228. The van der Waals surface area contributed by atoms with Crippen molar-refractivity contribution < 1.29 is 13.2 Å². The molecule has 23 heavy (non-hydrogen) atoms. The van der Waals surface area contributed by atoms with Gasteiger partial charge in [0, 0.05) is 31.6 Å². The summed E-state index contributed by atoms with van der Waals surface area (Å²) in [6, 6.07) is 0.361. The van der Waals surface area contributed by atoms with Gasteiger partial charge in [0.1, 0.15) is 0 Å². The van der Waals surface area contributed by atoms with Gasteiger partial charge in [-0.15, -0.1) is 0 Å². The van der Waals surface area contributed by atoms with Gasteiger partial charge in [0.05, 0.1) is 5.75 Å². The first-order chi connectivity index (χ1) is 10.6. The lowest BCUT2D eigenvalue weighted by atomic mass is 9.86. The van der Waals surface area contributed by atoms with Crippen LogP contribution in [0.2, 0.25) is 0 Å². The highest BCUT2D eigenvalue weighted by molar-refractivity contribution is 7.89. The molecule has 2 heterocycles. The van der Waals surface area contributed by atoms with E-state index in [1.54, 1.807) is 11.2 Å². The molecule has 2 rings (SSSR count). The summed E-state index contributed by atoms with van der Waals surface area (Å²) in [6.45, 7) is 10.2. The maximum Gasteiger partial charge on any atom is 0.226 e. The van der Waals surface area contributed by atoms with Crippen molar-refractivity contribution in [1.29, 1.82) is 0 Å². The molecular weight excluding hydrogens is 312 g/mol. The standard InChI is InChI=1S/C17H32N2O3S/c1-5-23(21,22)18-11-8-14(9-12-18)16(20)19-10-6-7-15(19)13-17(2,3)4/h14-15H,5-13H2,1-4H3/t15-/m0/s1. The molecule has 0 aromatic heterocycles. The van der Waals surface area contributed by atoms with Crippen molar-refractivity contribution in [1.82, 2.24) is 9.21 Å². The van der Waals surface area contributed by atoms with Crippen molar-refractivity contribution in [2.75, 3.05) is 25.4 Å². The van der Waals surface area contributed by atoms with Crippen LogP contribution in [0.3, 0.4) is 0 Å². The normalized spacial score (nSPS) is 25.0. The summed E-state index contributed by atoms with van der Waals surface area (Å²) in [6.07, 6.45) is 4.57. The lowest BCUT2D eigenvalue weighted by Crippen LogP contribution is -2.46. The van der Waals surface area contributed by atoms with E-state index in [1.807, 2.05) is 0 Å². The van der Waals surface area contributed by atoms with Gasteiger partial charge in [0.25, 0.3) is 0 Å². The number of rotatable bonds is 4. The summed E-state index contributed by atoms with van der Waals surface area (Å²) in [5, 5.41) is 0. The highest BCUT2D eigenvalue weighted by Gasteiger charge is 2.37. The molecule has 0 aromatic rings. The predicted molar refractivity (Wildman–Crippen MR) is 92.6 cm³/mol. The molecule has 0 N–H and O–H groups in total. The summed E-state index contributed by atoms with van der Waals surface area (Å²) in [4.78, 5) is 15.0. The van der Waals surface area contributed by atoms with Crippen LogP contribution >= 0.6 is 0 Å². The molecule has 0 saturated carbocycles. The van der Waals surface area contributed by atoms with E-state index < -0.39 is 10.0 Å². The number of sulfonamides is 1. The van der Waals surface area contributed by atoms with Crippen molar-refractivity contribution in [2.24, 2.45) is 11.3 Å². The van der Waals surface area contributed by atoms with E-state index in [0.717, 1.165) is 25.8 Å². The number of carbonyl (C=O) groups excluding carboxylic acids is 1. The third-order valence-corrected chi connectivity index (χ3v) is 6.95. The summed E-state index contributed by atoms with van der Waals surface area (Å²) >= 11 is 0. The third kappa shape index (κ3) is 4.69. The van der Waals surface area contributed by atoms with Crippen LogP contribution in [0, 0.1) is 11.3 Å². The average Bonchev–Trinajstić information content (AvgIpc) is 2.92. The van der Waals surface area contributed by atoms with Crippen LogP contribution in [0.25, 0.3) is 0 Å². The summed E-state index contributed by atoms with van der Waals surface area (Å²) in [7, 11) is -3.12. The predicted octanol–water partition coefficient (Wildman–Crippen LogP) is 2.48. The first kappa shape index (κ1) is 18.7. The molecule has 0 unspecified atom stereocenters. The second-order valence-electron chi connectivity index (χ2n) is 8.17. The average molecular weight is 345 g/mol. The molecule has 6 heteroatoms. The molecular formula is C17H32N2O3S. The summed E-state index contributed by atoms with van der Waals surface area (Å²) < 4.78 is 25.4. The van der Waals surface area contributed by atoms with E-state index in [9.17, 15) is 13.2 Å². The molecule has 0 aliphatic carbocycles. The maximum atomic E-state index is 12.9. The van der Waals surface area contributed by atoms with Crippen LogP contribution in [0.5, 0.6) is 0 Å². The minimum Gasteiger partial charge on any atom is -0.339 e. The Morgan fingerprint density at radius 1 is 1.09 bits per heavy atom. The lowest BCUT2D eigenvalue weighted by molar-refractivity contribution is -0.138. The Bertz CT molecular complexity index is 516. The van der Waals surface area contributed by atoms with Crippen LogP contribution in [-0.2, 0) is 14.8 Å². The van der Waals surface area contributed by atoms with Crippen molar-refractivity contribution in [3.63, 3.8) is 0 Å².